The Hall–Kier alpha value is -1.85. The fourth-order valence-corrected chi connectivity index (χ4v) is 2.74. The molecule has 3 rings (SSSR count). The van der Waals surface area contributed by atoms with Gasteiger partial charge in [0.2, 0.25) is 0 Å². The van der Waals surface area contributed by atoms with Crippen LogP contribution in [0.5, 0.6) is 5.75 Å². The van der Waals surface area contributed by atoms with Crippen LogP contribution in [0.3, 0.4) is 0 Å². The summed E-state index contributed by atoms with van der Waals surface area (Å²) in [5.74, 6) is 0.0883. The summed E-state index contributed by atoms with van der Waals surface area (Å²) in [5, 5.41) is 0. The van der Waals surface area contributed by atoms with Gasteiger partial charge in [0, 0.05) is 11.5 Å². The zero-order chi connectivity index (χ0) is 18.2. The molecule has 1 atom stereocenters. The van der Waals surface area contributed by atoms with E-state index in [9.17, 15) is 4.39 Å². The van der Waals surface area contributed by atoms with Crippen molar-refractivity contribution in [1.29, 1.82) is 0 Å². The molecule has 1 saturated heterocycles. The Morgan fingerprint density at radius 1 is 0.960 bits per heavy atom. The second-order valence-electron chi connectivity index (χ2n) is 7.44. The van der Waals surface area contributed by atoms with Gasteiger partial charge in [0.05, 0.1) is 11.2 Å². The summed E-state index contributed by atoms with van der Waals surface area (Å²) in [4.78, 5) is 0. The maximum absolute atomic E-state index is 14.6. The van der Waals surface area contributed by atoms with Crippen molar-refractivity contribution in [3.63, 3.8) is 0 Å². The van der Waals surface area contributed by atoms with Crippen molar-refractivity contribution in [3.05, 3.63) is 59.9 Å². The van der Waals surface area contributed by atoms with Crippen LogP contribution in [0, 0.1) is 5.82 Å². The average molecular weight is 342 g/mol. The van der Waals surface area contributed by atoms with Gasteiger partial charge in [0.25, 0.3) is 0 Å². The van der Waals surface area contributed by atoms with Gasteiger partial charge < -0.3 is 14.0 Å². The molecule has 0 spiro atoms. The highest BCUT2D eigenvalue weighted by atomic mass is 19.1. The highest BCUT2D eigenvalue weighted by Crippen LogP contribution is 2.36. The van der Waals surface area contributed by atoms with Gasteiger partial charge in [-0.2, -0.15) is 0 Å². The molecule has 0 aromatic heterocycles. The SMILES string of the molecule is C[C@@H](Oc1ccc(B2OC(C)(C)C(C)(C)O2)c(F)c1)c1ccccc1. The lowest BCUT2D eigenvalue weighted by Crippen LogP contribution is -2.41. The Bertz CT molecular complexity index is 730. The number of benzene rings is 2. The third-order valence-electron chi connectivity index (χ3n) is 5.06. The molecule has 1 fully saturated rings. The molecule has 0 amide bonds. The van der Waals surface area contributed by atoms with Crippen molar-refractivity contribution < 1.29 is 18.4 Å². The lowest BCUT2D eigenvalue weighted by Gasteiger charge is -2.32. The van der Waals surface area contributed by atoms with E-state index in [-0.39, 0.29) is 6.10 Å². The van der Waals surface area contributed by atoms with Crippen LogP contribution in [0.25, 0.3) is 0 Å². The van der Waals surface area contributed by atoms with Crippen LogP contribution in [0.15, 0.2) is 48.5 Å². The fraction of sp³-hybridized carbons (Fsp3) is 0.400. The Labute approximate surface area is 149 Å². The van der Waals surface area contributed by atoms with Crippen molar-refractivity contribution in [1.82, 2.24) is 0 Å². The molecule has 0 aliphatic carbocycles. The van der Waals surface area contributed by atoms with E-state index >= 15 is 0 Å². The first-order valence-electron chi connectivity index (χ1n) is 8.56. The zero-order valence-corrected chi connectivity index (χ0v) is 15.4. The predicted molar refractivity (Wildman–Crippen MR) is 97.6 cm³/mol. The molecule has 1 heterocycles. The molecule has 0 radical (unpaired) electrons. The van der Waals surface area contributed by atoms with Gasteiger partial charge in [-0.25, -0.2) is 4.39 Å². The van der Waals surface area contributed by atoms with Crippen LogP contribution >= 0.6 is 0 Å². The summed E-state index contributed by atoms with van der Waals surface area (Å²) < 4.78 is 32.3. The Morgan fingerprint density at radius 3 is 2.12 bits per heavy atom. The number of halogens is 1. The number of rotatable bonds is 4. The second-order valence-corrected chi connectivity index (χ2v) is 7.44. The Kier molecular flexibility index (Phi) is 4.65. The quantitative estimate of drug-likeness (QED) is 0.777. The van der Waals surface area contributed by atoms with Gasteiger partial charge in [0.15, 0.2) is 0 Å². The molecule has 1 aliphatic rings. The van der Waals surface area contributed by atoms with Gasteiger partial charge in [-0.15, -0.1) is 0 Å². The summed E-state index contributed by atoms with van der Waals surface area (Å²) in [5.41, 5.74) is 0.429. The van der Waals surface area contributed by atoms with Crippen LogP contribution in [0.2, 0.25) is 0 Å². The molecule has 0 unspecified atom stereocenters. The number of hydrogen-bond acceptors (Lipinski definition) is 3. The minimum Gasteiger partial charge on any atom is -0.486 e. The summed E-state index contributed by atoms with van der Waals surface area (Å²) in [7, 11) is -0.717. The molecule has 2 aromatic carbocycles. The predicted octanol–water partition coefficient (Wildman–Crippen LogP) is 4.26. The van der Waals surface area contributed by atoms with E-state index in [1.165, 1.54) is 6.07 Å². The highest BCUT2D eigenvalue weighted by molar-refractivity contribution is 6.62. The Balaban J connectivity index is 1.76. The number of hydrogen-bond donors (Lipinski definition) is 0. The van der Waals surface area contributed by atoms with Crippen LogP contribution in [0.4, 0.5) is 4.39 Å². The standard InChI is InChI=1S/C20H24BFO3/c1-14(15-9-7-6-8-10-15)23-16-11-12-17(18(22)13-16)21-24-19(2,3)20(4,5)25-21/h6-14H,1-5H3/t14-/m1/s1. The first-order valence-corrected chi connectivity index (χ1v) is 8.56. The largest absolute Gasteiger partial charge is 0.497 e. The summed E-state index contributed by atoms with van der Waals surface area (Å²) in [6, 6.07) is 14.6. The molecule has 25 heavy (non-hydrogen) atoms. The third kappa shape index (κ3) is 3.58. The van der Waals surface area contributed by atoms with Crippen LogP contribution in [-0.2, 0) is 9.31 Å². The molecule has 132 valence electrons. The van der Waals surface area contributed by atoms with Crippen molar-refractivity contribution in [2.45, 2.75) is 51.9 Å². The lowest BCUT2D eigenvalue weighted by molar-refractivity contribution is 0.00578. The molecule has 2 aromatic rings. The summed E-state index contributed by atoms with van der Waals surface area (Å²) in [6.07, 6.45) is -0.164. The lowest BCUT2D eigenvalue weighted by atomic mass is 9.78. The van der Waals surface area contributed by atoms with E-state index < -0.39 is 24.1 Å². The van der Waals surface area contributed by atoms with E-state index in [0.29, 0.717) is 11.2 Å². The van der Waals surface area contributed by atoms with E-state index in [1.807, 2.05) is 65.0 Å². The van der Waals surface area contributed by atoms with E-state index in [1.54, 1.807) is 12.1 Å². The maximum atomic E-state index is 14.6. The molecule has 5 heteroatoms. The minimum absolute atomic E-state index is 0.164. The van der Waals surface area contributed by atoms with Crippen molar-refractivity contribution in [2.75, 3.05) is 0 Å². The monoisotopic (exact) mass is 342 g/mol. The fourth-order valence-electron chi connectivity index (χ4n) is 2.74. The topological polar surface area (TPSA) is 27.7 Å². The maximum Gasteiger partial charge on any atom is 0.497 e. The molecule has 3 nitrogen and oxygen atoms in total. The summed E-state index contributed by atoms with van der Waals surface area (Å²) >= 11 is 0. The zero-order valence-electron chi connectivity index (χ0n) is 15.4. The van der Waals surface area contributed by atoms with Crippen LogP contribution in [0.1, 0.15) is 46.3 Å². The van der Waals surface area contributed by atoms with Gasteiger partial charge in [-0.1, -0.05) is 36.4 Å². The molecule has 0 bridgehead atoms. The first kappa shape index (κ1) is 18.0. The smallest absolute Gasteiger partial charge is 0.486 e. The van der Waals surface area contributed by atoms with Crippen molar-refractivity contribution in [2.24, 2.45) is 0 Å². The van der Waals surface area contributed by atoms with Gasteiger partial charge in [-0.05, 0) is 46.2 Å². The van der Waals surface area contributed by atoms with Crippen molar-refractivity contribution in [3.8, 4) is 5.75 Å². The molecular weight excluding hydrogens is 318 g/mol. The Morgan fingerprint density at radius 2 is 1.56 bits per heavy atom. The van der Waals surface area contributed by atoms with E-state index in [0.717, 1.165) is 5.56 Å². The molecule has 0 N–H and O–H groups in total. The second kappa shape index (κ2) is 6.47. The van der Waals surface area contributed by atoms with Crippen LogP contribution < -0.4 is 10.2 Å². The minimum atomic E-state index is -0.717. The number of ether oxygens (including phenoxy) is 1. The first-order chi connectivity index (χ1) is 11.7. The highest BCUT2D eigenvalue weighted by Gasteiger charge is 2.52. The van der Waals surface area contributed by atoms with Gasteiger partial charge in [0.1, 0.15) is 17.7 Å². The van der Waals surface area contributed by atoms with E-state index in [2.05, 4.69) is 0 Å². The molecular formula is C20H24BFO3. The van der Waals surface area contributed by atoms with E-state index in [4.69, 9.17) is 14.0 Å². The third-order valence-corrected chi connectivity index (χ3v) is 5.06. The van der Waals surface area contributed by atoms with Crippen LogP contribution in [-0.4, -0.2) is 18.3 Å². The average Bonchev–Trinajstić information content (AvgIpc) is 2.76. The van der Waals surface area contributed by atoms with Gasteiger partial charge >= 0.3 is 7.12 Å². The van der Waals surface area contributed by atoms with Crippen molar-refractivity contribution >= 4 is 12.6 Å². The van der Waals surface area contributed by atoms with Gasteiger partial charge in [-0.3, -0.25) is 0 Å². The normalized spacial score (nSPS) is 19.7. The molecule has 0 saturated carbocycles. The molecule has 1 aliphatic heterocycles. The summed E-state index contributed by atoms with van der Waals surface area (Å²) in [6.45, 7) is 9.73.